The maximum atomic E-state index is 14.1. The summed E-state index contributed by atoms with van der Waals surface area (Å²) in [5.74, 6) is -0.405. The molecule has 1 aromatic carbocycles. The van der Waals surface area contributed by atoms with Gasteiger partial charge in [-0.25, -0.2) is 15.0 Å². The minimum atomic E-state index is -0.915. The highest BCUT2D eigenvalue weighted by atomic mass is 32.1. The maximum absolute atomic E-state index is 14.1. The minimum Gasteiger partial charge on any atom is -0.391 e. The molecule has 382 valence electrons. The van der Waals surface area contributed by atoms with Gasteiger partial charge in [0.05, 0.1) is 39.6 Å². The normalized spacial score (nSPS) is 17.8. The van der Waals surface area contributed by atoms with Crippen molar-refractivity contribution in [2.45, 2.75) is 137 Å². The molecule has 1 saturated carbocycles. The quantitative estimate of drug-likeness (QED) is 0.0586. The molecule has 5 aromatic rings. The number of anilines is 3. The van der Waals surface area contributed by atoms with Gasteiger partial charge in [-0.05, 0) is 80.7 Å². The second-order valence-corrected chi connectivity index (χ2v) is 21.4. The van der Waals surface area contributed by atoms with Gasteiger partial charge in [0.2, 0.25) is 29.6 Å². The molecule has 3 aliphatic rings. The van der Waals surface area contributed by atoms with Crippen molar-refractivity contribution in [3.63, 3.8) is 0 Å². The molecule has 0 spiro atoms. The summed E-state index contributed by atoms with van der Waals surface area (Å²) in [6, 6.07) is 9.88. The van der Waals surface area contributed by atoms with Crippen molar-refractivity contribution < 1.29 is 29.1 Å². The number of aryl methyl sites for hydroxylation is 2. The Morgan fingerprint density at radius 2 is 1.61 bits per heavy atom. The molecule has 72 heavy (non-hydrogen) atoms. The number of pyridine rings is 2. The topological polar surface area (TPSA) is 225 Å². The number of unbranched alkanes of at least 4 members (excludes halogenated alkanes) is 2. The van der Waals surface area contributed by atoms with Crippen LogP contribution in [-0.4, -0.2) is 120 Å². The molecule has 4 amide bonds. The molecule has 4 aromatic heterocycles. The van der Waals surface area contributed by atoms with Crippen LogP contribution >= 0.6 is 11.3 Å². The first-order valence-corrected chi connectivity index (χ1v) is 26.1. The van der Waals surface area contributed by atoms with Gasteiger partial charge in [0, 0.05) is 76.2 Å². The average molecular weight is 1000 g/mol. The number of carbonyl (C=O) groups is 5. The molecule has 3 fully saturated rings. The lowest BCUT2D eigenvalue weighted by Gasteiger charge is -2.36. The summed E-state index contributed by atoms with van der Waals surface area (Å²) in [5.41, 5.74) is 5.96. The molecule has 4 N–H and O–H groups in total. The van der Waals surface area contributed by atoms with Crippen molar-refractivity contribution in [2.75, 3.05) is 42.9 Å². The summed E-state index contributed by atoms with van der Waals surface area (Å²) in [6.07, 6.45) is 8.82. The Balaban J connectivity index is 0.761. The number of Topliss-reactive ketones (excluding diaryl/α,β-unsaturated/α-hetero) is 1. The van der Waals surface area contributed by atoms with Crippen LogP contribution in [-0.2, 0) is 25.7 Å². The number of aromatic nitrogens is 5. The van der Waals surface area contributed by atoms with Crippen molar-refractivity contribution in [1.82, 2.24) is 44.9 Å². The maximum Gasteiger partial charge on any atom is 0.263 e. The molecule has 0 radical (unpaired) electrons. The van der Waals surface area contributed by atoms with Gasteiger partial charge in [0.15, 0.2) is 5.78 Å². The number of ketones is 1. The largest absolute Gasteiger partial charge is 0.391 e. The minimum absolute atomic E-state index is 0.00310. The van der Waals surface area contributed by atoms with Gasteiger partial charge < -0.3 is 35.8 Å². The van der Waals surface area contributed by atoms with Crippen LogP contribution in [0.15, 0.2) is 59.1 Å². The SMILES string of the molecule is CC(=O)c1c(C)c2cnc(Nc3ccc(N4CCN(C(=O)CCCCCC(=O)N[C@H](C(=O)N5C[C@H](O)C[C@H]5C(=O)NCc5ccc(-c6scnc6C)cc5)C(C)(C)C)CC4)cn3)nc2n(C2CCCC2)c1=O. The fourth-order valence-corrected chi connectivity index (χ4v) is 11.0. The molecule has 19 heteroatoms. The monoisotopic (exact) mass is 1000 g/mol. The van der Waals surface area contributed by atoms with E-state index in [-0.39, 0.29) is 66.6 Å². The zero-order valence-electron chi connectivity index (χ0n) is 42.2. The number of nitrogens with one attached hydrogen (secondary N) is 3. The molecule has 0 bridgehead atoms. The number of amides is 4. The van der Waals surface area contributed by atoms with E-state index in [0.29, 0.717) is 80.2 Å². The molecule has 0 unspecified atom stereocenters. The van der Waals surface area contributed by atoms with Crippen LogP contribution in [0.5, 0.6) is 0 Å². The molecule has 3 atom stereocenters. The van der Waals surface area contributed by atoms with E-state index in [9.17, 15) is 33.9 Å². The van der Waals surface area contributed by atoms with Crippen molar-refractivity contribution in [2.24, 2.45) is 5.41 Å². The number of likely N-dealkylation sites (tertiary alicyclic amines) is 1. The van der Waals surface area contributed by atoms with Crippen LogP contribution in [0.3, 0.4) is 0 Å². The summed E-state index contributed by atoms with van der Waals surface area (Å²) in [4.78, 5) is 105. The number of rotatable bonds is 17. The van der Waals surface area contributed by atoms with Crippen LogP contribution in [0.1, 0.15) is 125 Å². The Morgan fingerprint density at radius 1 is 0.889 bits per heavy atom. The zero-order chi connectivity index (χ0) is 51.3. The lowest BCUT2D eigenvalue weighted by Crippen LogP contribution is -2.57. The number of benzene rings is 1. The predicted octanol–water partition coefficient (Wildman–Crippen LogP) is 6.40. The van der Waals surface area contributed by atoms with Gasteiger partial charge in [-0.3, -0.25) is 33.3 Å². The van der Waals surface area contributed by atoms with Gasteiger partial charge in [-0.15, -0.1) is 11.3 Å². The Kier molecular flexibility index (Phi) is 16.1. The molecular formula is C53H67N11O7S. The van der Waals surface area contributed by atoms with E-state index in [4.69, 9.17) is 4.98 Å². The third kappa shape index (κ3) is 11.8. The number of thiazole rings is 1. The van der Waals surface area contributed by atoms with Crippen LogP contribution in [0.4, 0.5) is 17.5 Å². The van der Waals surface area contributed by atoms with Crippen LogP contribution < -0.4 is 26.4 Å². The summed E-state index contributed by atoms with van der Waals surface area (Å²) < 4.78 is 1.69. The van der Waals surface area contributed by atoms with Gasteiger partial charge in [-0.2, -0.15) is 4.98 Å². The smallest absolute Gasteiger partial charge is 0.263 e. The van der Waals surface area contributed by atoms with E-state index in [2.05, 4.69) is 35.8 Å². The summed E-state index contributed by atoms with van der Waals surface area (Å²) in [6.45, 7) is 13.4. The van der Waals surface area contributed by atoms with E-state index in [1.54, 1.807) is 35.2 Å². The number of aliphatic hydroxyl groups excluding tert-OH is 1. The van der Waals surface area contributed by atoms with Crippen LogP contribution in [0.2, 0.25) is 0 Å². The lowest BCUT2D eigenvalue weighted by molar-refractivity contribution is -0.144. The number of hydrogen-bond acceptors (Lipinski definition) is 14. The Morgan fingerprint density at radius 3 is 2.26 bits per heavy atom. The molecule has 2 aliphatic heterocycles. The van der Waals surface area contributed by atoms with E-state index in [1.165, 1.54) is 11.8 Å². The lowest BCUT2D eigenvalue weighted by atomic mass is 9.85. The van der Waals surface area contributed by atoms with E-state index in [1.807, 2.05) is 74.5 Å². The number of piperazine rings is 1. The van der Waals surface area contributed by atoms with E-state index in [0.717, 1.165) is 53.1 Å². The van der Waals surface area contributed by atoms with Crippen LogP contribution in [0.25, 0.3) is 21.5 Å². The Labute approximate surface area is 424 Å². The first kappa shape index (κ1) is 51.7. The predicted molar refractivity (Wildman–Crippen MR) is 277 cm³/mol. The number of hydrogen-bond donors (Lipinski definition) is 4. The second kappa shape index (κ2) is 22.4. The van der Waals surface area contributed by atoms with Crippen molar-refractivity contribution in [3.05, 3.63) is 87.0 Å². The van der Waals surface area contributed by atoms with Crippen molar-refractivity contribution in [1.29, 1.82) is 0 Å². The number of aliphatic hydroxyl groups is 1. The first-order chi connectivity index (χ1) is 34.5. The molecule has 8 rings (SSSR count). The van der Waals surface area contributed by atoms with Gasteiger partial charge in [0.25, 0.3) is 5.56 Å². The highest BCUT2D eigenvalue weighted by Gasteiger charge is 2.44. The molecule has 18 nitrogen and oxygen atoms in total. The Bertz CT molecular complexity index is 2850. The fraction of sp³-hybridized carbons (Fsp3) is 0.509. The first-order valence-electron chi connectivity index (χ1n) is 25.2. The van der Waals surface area contributed by atoms with E-state index >= 15 is 0 Å². The highest BCUT2D eigenvalue weighted by Crippen LogP contribution is 2.33. The zero-order valence-corrected chi connectivity index (χ0v) is 43.0. The number of nitrogens with zero attached hydrogens (tertiary/aromatic N) is 8. The average Bonchev–Trinajstić information content (AvgIpc) is 4.14. The Hall–Kier alpha value is -6.60. The molecular weight excluding hydrogens is 935 g/mol. The van der Waals surface area contributed by atoms with Crippen molar-refractivity contribution in [3.8, 4) is 10.4 Å². The van der Waals surface area contributed by atoms with Gasteiger partial charge in [0.1, 0.15) is 23.5 Å². The van der Waals surface area contributed by atoms with Crippen LogP contribution in [0, 0.1) is 19.3 Å². The third-order valence-corrected chi connectivity index (χ3v) is 15.2. The van der Waals surface area contributed by atoms with Gasteiger partial charge >= 0.3 is 0 Å². The second-order valence-electron chi connectivity index (χ2n) is 20.5. The third-order valence-electron chi connectivity index (χ3n) is 14.2. The number of β-amino-alcohol motifs (C(OH)–C–C–N with tert-alkyl or cyclic N) is 1. The van der Waals surface area contributed by atoms with E-state index < -0.39 is 29.5 Å². The van der Waals surface area contributed by atoms with Gasteiger partial charge in [-0.1, -0.05) is 64.3 Å². The molecule has 6 heterocycles. The summed E-state index contributed by atoms with van der Waals surface area (Å²) in [5, 5.41) is 20.3. The number of carbonyl (C=O) groups excluding carboxylic acids is 5. The highest BCUT2D eigenvalue weighted by molar-refractivity contribution is 7.13. The number of fused-ring (bicyclic) bond motifs is 1. The summed E-state index contributed by atoms with van der Waals surface area (Å²) >= 11 is 1.57. The van der Waals surface area contributed by atoms with Crippen molar-refractivity contribution >= 4 is 69.2 Å². The standard InChI is InChI=1S/C53H67N11O7S/c1-32-40-29-56-52(60-48(40)64(37-12-10-11-13-37)50(70)45(32)34(3)65)58-42-21-20-38(28-54-42)61-22-24-62(25-23-61)44(68)15-9-7-8-14-43(67)59-47(53(4,5)6)51(71)63-30-39(66)26-41(63)49(69)55-27-35-16-18-36(19-17-35)46-33(2)57-31-72-46/h16-21,28-29,31,37,39,41,47,66H,7-15,22-27,30H2,1-6H3,(H,55,69)(H,59,67)(H,54,56,58,60)/t39-,41+,47-/m1/s1. The fourth-order valence-electron chi connectivity index (χ4n) is 10.2. The summed E-state index contributed by atoms with van der Waals surface area (Å²) in [7, 11) is 0. The molecule has 2 saturated heterocycles. The molecule has 1 aliphatic carbocycles.